The van der Waals surface area contributed by atoms with Crippen molar-refractivity contribution in [3.05, 3.63) is 68.6 Å². The van der Waals surface area contributed by atoms with E-state index < -0.39 is 29.7 Å². The van der Waals surface area contributed by atoms with Gasteiger partial charge in [0.25, 0.3) is 5.56 Å². The first-order chi connectivity index (χ1) is 12.4. The van der Waals surface area contributed by atoms with Gasteiger partial charge in [0.1, 0.15) is 12.2 Å². The van der Waals surface area contributed by atoms with Crippen LogP contribution in [-0.4, -0.2) is 21.7 Å². The highest BCUT2D eigenvalue weighted by Crippen LogP contribution is 2.29. The lowest BCUT2D eigenvalue weighted by atomic mass is 10.1. The number of benzene rings is 2. The molecule has 0 spiro atoms. The number of carbonyl (C=O) groups excluding carboxylic acids is 2. The Bertz CT molecular complexity index is 1100. The van der Waals surface area contributed by atoms with Crippen molar-refractivity contribution in [1.29, 1.82) is 0 Å². The van der Waals surface area contributed by atoms with Crippen LogP contribution in [0.4, 0.5) is 5.69 Å². The Morgan fingerprint density at radius 2 is 1.77 bits per heavy atom. The third-order valence-corrected chi connectivity index (χ3v) is 4.40. The van der Waals surface area contributed by atoms with E-state index in [1.54, 1.807) is 24.3 Å². The van der Waals surface area contributed by atoms with Gasteiger partial charge in [-0.15, -0.1) is 0 Å². The number of halogens is 2. The van der Waals surface area contributed by atoms with Gasteiger partial charge in [0.05, 0.1) is 27.1 Å². The van der Waals surface area contributed by atoms with Crippen LogP contribution in [0.5, 0.6) is 0 Å². The van der Waals surface area contributed by atoms with E-state index in [2.05, 4.69) is 10.4 Å². The molecule has 1 aromatic heterocycles. The molecule has 0 unspecified atom stereocenters. The van der Waals surface area contributed by atoms with Crippen molar-refractivity contribution in [2.24, 2.45) is 0 Å². The van der Waals surface area contributed by atoms with Crippen molar-refractivity contribution in [2.45, 2.75) is 6.54 Å². The number of hydrogen-bond donors (Lipinski definition) is 1. The summed E-state index contributed by atoms with van der Waals surface area (Å²) >= 11 is 11.9. The Balaban J connectivity index is 1.97. The van der Waals surface area contributed by atoms with Gasteiger partial charge >= 0.3 is 0 Å². The maximum absolute atomic E-state index is 12.5. The molecule has 132 valence electrons. The number of hydrogen-bond acceptors (Lipinski definition) is 5. The Morgan fingerprint density at radius 3 is 2.46 bits per heavy atom. The minimum absolute atomic E-state index is 0.121. The molecule has 3 rings (SSSR count). The van der Waals surface area contributed by atoms with Crippen LogP contribution in [0.1, 0.15) is 10.5 Å². The second kappa shape index (κ2) is 7.15. The zero-order valence-electron chi connectivity index (χ0n) is 13.0. The van der Waals surface area contributed by atoms with E-state index in [1.165, 1.54) is 18.2 Å². The average molecular weight is 391 g/mol. The first-order valence-corrected chi connectivity index (χ1v) is 8.09. The molecular formula is C17H10Cl2N3O4-. The minimum Gasteiger partial charge on any atom is -0.543 e. The van der Waals surface area contributed by atoms with E-state index in [9.17, 15) is 19.5 Å². The second-order valence-electron chi connectivity index (χ2n) is 5.29. The highest BCUT2D eigenvalue weighted by Gasteiger charge is 2.14. The van der Waals surface area contributed by atoms with Crippen LogP contribution in [0.15, 0.2) is 47.3 Å². The van der Waals surface area contributed by atoms with Gasteiger partial charge in [-0.2, -0.15) is 5.10 Å². The Labute approximate surface area is 156 Å². The molecule has 1 heterocycles. The van der Waals surface area contributed by atoms with E-state index in [4.69, 9.17) is 23.2 Å². The predicted octanol–water partition coefficient (Wildman–Crippen LogP) is 1.71. The molecule has 7 nitrogen and oxygen atoms in total. The van der Waals surface area contributed by atoms with Crippen LogP contribution in [0.25, 0.3) is 10.8 Å². The first-order valence-electron chi connectivity index (χ1n) is 7.33. The van der Waals surface area contributed by atoms with Gasteiger partial charge in [-0.25, -0.2) is 4.68 Å². The number of rotatable bonds is 4. The Morgan fingerprint density at radius 1 is 1.08 bits per heavy atom. The fourth-order valence-electron chi connectivity index (χ4n) is 2.42. The normalized spacial score (nSPS) is 10.7. The number of amides is 1. The number of nitrogens with zero attached hydrogens (tertiary/aromatic N) is 2. The third-order valence-electron chi connectivity index (χ3n) is 3.58. The smallest absolute Gasteiger partial charge is 0.275 e. The number of aromatic nitrogens is 2. The van der Waals surface area contributed by atoms with Crippen molar-refractivity contribution in [3.63, 3.8) is 0 Å². The van der Waals surface area contributed by atoms with E-state index in [-0.39, 0.29) is 26.5 Å². The summed E-state index contributed by atoms with van der Waals surface area (Å²) in [6, 6.07) is 10.8. The molecule has 0 saturated heterocycles. The lowest BCUT2D eigenvalue weighted by Gasteiger charge is -2.12. The SMILES string of the molecule is O=C(Cn1nc(C(=O)[O-])c2ccccc2c1=O)Nc1cccc(Cl)c1Cl. The fraction of sp³-hybridized carbons (Fsp3) is 0.0588. The van der Waals surface area contributed by atoms with Crippen LogP contribution in [-0.2, 0) is 11.3 Å². The van der Waals surface area contributed by atoms with Crippen molar-refractivity contribution < 1.29 is 14.7 Å². The summed E-state index contributed by atoms with van der Waals surface area (Å²) in [6.07, 6.45) is 0. The molecule has 0 aliphatic heterocycles. The van der Waals surface area contributed by atoms with E-state index in [0.717, 1.165) is 4.68 Å². The molecule has 0 radical (unpaired) electrons. The van der Waals surface area contributed by atoms with Gasteiger partial charge in [-0.05, 0) is 18.2 Å². The maximum atomic E-state index is 12.5. The molecule has 1 amide bonds. The molecule has 0 saturated carbocycles. The number of aromatic carboxylic acids is 1. The van der Waals surface area contributed by atoms with Crippen LogP contribution < -0.4 is 16.0 Å². The molecule has 1 N–H and O–H groups in total. The molecule has 0 aliphatic carbocycles. The van der Waals surface area contributed by atoms with Crippen LogP contribution in [0.3, 0.4) is 0 Å². The van der Waals surface area contributed by atoms with Crippen LogP contribution >= 0.6 is 23.2 Å². The van der Waals surface area contributed by atoms with Crippen molar-refractivity contribution >= 4 is 51.5 Å². The molecule has 26 heavy (non-hydrogen) atoms. The zero-order chi connectivity index (χ0) is 18.8. The van der Waals surface area contributed by atoms with Crippen molar-refractivity contribution in [2.75, 3.05) is 5.32 Å². The largest absolute Gasteiger partial charge is 0.543 e. The lowest BCUT2D eigenvalue weighted by Crippen LogP contribution is -2.34. The van der Waals surface area contributed by atoms with Gasteiger partial charge < -0.3 is 15.2 Å². The van der Waals surface area contributed by atoms with Crippen LogP contribution in [0.2, 0.25) is 10.0 Å². The quantitative estimate of drug-likeness (QED) is 0.729. The van der Waals surface area contributed by atoms with Gasteiger partial charge in [-0.3, -0.25) is 9.59 Å². The molecule has 3 aromatic rings. The number of nitrogens with one attached hydrogen (secondary N) is 1. The number of carbonyl (C=O) groups is 2. The van der Waals surface area contributed by atoms with Gasteiger partial charge in [-0.1, -0.05) is 47.5 Å². The van der Waals surface area contributed by atoms with E-state index in [0.29, 0.717) is 0 Å². The Kier molecular flexibility index (Phi) is 4.92. The summed E-state index contributed by atoms with van der Waals surface area (Å²) in [7, 11) is 0. The molecule has 2 aromatic carbocycles. The number of fused-ring (bicyclic) bond motifs is 1. The fourth-order valence-corrected chi connectivity index (χ4v) is 2.77. The first kappa shape index (κ1) is 17.9. The highest BCUT2D eigenvalue weighted by atomic mass is 35.5. The summed E-state index contributed by atoms with van der Waals surface area (Å²) in [5, 5.41) is 18.2. The third kappa shape index (κ3) is 3.40. The lowest BCUT2D eigenvalue weighted by molar-refractivity contribution is -0.255. The summed E-state index contributed by atoms with van der Waals surface area (Å²) in [4.78, 5) is 36.0. The summed E-state index contributed by atoms with van der Waals surface area (Å²) < 4.78 is 0.765. The summed E-state index contributed by atoms with van der Waals surface area (Å²) in [5.41, 5.74) is -0.759. The molecule has 9 heteroatoms. The monoisotopic (exact) mass is 390 g/mol. The average Bonchev–Trinajstić information content (AvgIpc) is 2.61. The molecular weight excluding hydrogens is 381 g/mol. The highest BCUT2D eigenvalue weighted by molar-refractivity contribution is 6.43. The van der Waals surface area contributed by atoms with Gasteiger partial charge in [0.15, 0.2) is 0 Å². The summed E-state index contributed by atoms with van der Waals surface area (Å²) in [5.74, 6) is -2.17. The van der Waals surface area contributed by atoms with Gasteiger partial charge in [0.2, 0.25) is 5.91 Å². The standard InChI is InChI=1S/C17H11Cl2N3O4/c18-11-6-3-7-12(14(11)19)20-13(23)8-22-16(24)10-5-2-1-4-9(10)15(21-22)17(25)26/h1-7H,8H2,(H,20,23)(H,25,26)/p-1. The van der Waals surface area contributed by atoms with Crippen molar-refractivity contribution in [1.82, 2.24) is 9.78 Å². The number of carboxylic acids is 1. The van der Waals surface area contributed by atoms with E-state index in [1.807, 2.05) is 0 Å². The number of carboxylic acid groups (broad SMARTS) is 1. The molecule has 0 atom stereocenters. The predicted molar refractivity (Wildman–Crippen MR) is 95.4 cm³/mol. The Hall–Kier alpha value is -2.90. The van der Waals surface area contributed by atoms with Crippen LogP contribution in [0, 0.1) is 0 Å². The number of anilines is 1. The van der Waals surface area contributed by atoms with E-state index >= 15 is 0 Å². The zero-order valence-corrected chi connectivity index (χ0v) is 14.5. The minimum atomic E-state index is -1.55. The second-order valence-corrected chi connectivity index (χ2v) is 6.08. The molecule has 0 fully saturated rings. The van der Waals surface area contributed by atoms with Gasteiger partial charge in [0, 0.05) is 5.39 Å². The maximum Gasteiger partial charge on any atom is 0.275 e. The molecule has 0 bridgehead atoms. The van der Waals surface area contributed by atoms with Crippen molar-refractivity contribution in [3.8, 4) is 0 Å². The topological polar surface area (TPSA) is 104 Å². The molecule has 0 aliphatic rings. The summed E-state index contributed by atoms with van der Waals surface area (Å²) in [6.45, 7) is -0.507.